The molecule has 0 aliphatic heterocycles. The van der Waals surface area contributed by atoms with Crippen LogP contribution in [0.25, 0.3) is 76.5 Å². The van der Waals surface area contributed by atoms with E-state index in [2.05, 4.69) is 240 Å². The standard InChI is InChI=1S/C60H40N2O/c1-3-13-45(14-4-1)61(46-15-5-2-6-16-46)47-30-23-41(24-31-47)42-25-32-48(33-26-42)62(50-36-37-55-53-19-8-7-17-51(53)52-18-9-10-20-54(52)57(55)40-50)49-34-27-43(28-35-49)44-29-38-60-58(39-44)56-21-11-12-22-59(56)63-60/h1-40H. The molecule has 3 nitrogen and oxygen atoms in total. The lowest BCUT2D eigenvalue weighted by Gasteiger charge is -2.27. The molecule has 0 aliphatic carbocycles. The van der Waals surface area contributed by atoms with Gasteiger partial charge in [0, 0.05) is 44.9 Å². The fourth-order valence-corrected chi connectivity index (χ4v) is 9.40. The number of rotatable bonds is 8. The molecule has 3 heteroatoms. The van der Waals surface area contributed by atoms with Crippen molar-refractivity contribution in [3.8, 4) is 22.3 Å². The Morgan fingerprint density at radius 3 is 1.08 bits per heavy atom. The molecule has 0 atom stereocenters. The summed E-state index contributed by atoms with van der Waals surface area (Å²) in [4.78, 5) is 4.67. The lowest BCUT2D eigenvalue weighted by atomic mass is 9.94. The van der Waals surface area contributed by atoms with Gasteiger partial charge in [-0.15, -0.1) is 0 Å². The number of hydrogen-bond donors (Lipinski definition) is 0. The largest absolute Gasteiger partial charge is 0.456 e. The first-order valence-electron chi connectivity index (χ1n) is 21.5. The second-order valence-electron chi connectivity index (χ2n) is 16.1. The summed E-state index contributed by atoms with van der Waals surface area (Å²) in [6.45, 7) is 0. The Labute approximate surface area is 365 Å². The van der Waals surface area contributed by atoms with Crippen molar-refractivity contribution in [3.63, 3.8) is 0 Å². The van der Waals surface area contributed by atoms with Crippen LogP contribution in [0.15, 0.2) is 247 Å². The predicted octanol–water partition coefficient (Wildman–Crippen LogP) is 17.3. The maximum atomic E-state index is 6.15. The highest BCUT2D eigenvalue weighted by Crippen LogP contribution is 2.43. The number of nitrogens with zero attached hydrogens (tertiary/aromatic N) is 2. The topological polar surface area (TPSA) is 19.6 Å². The average Bonchev–Trinajstić information content (AvgIpc) is 3.74. The molecule has 0 bridgehead atoms. The smallest absolute Gasteiger partial charge is 0.135 e. The van der Waals surface area contributed by atoms with Crippen molar-refractivity contribution < 1.29 is 4.42 Å². The van der Waals surface area contributed by atoms with E-state index in [0.29, 0.717) is 0 Å². The SMILES string of the molecule is c1ccc(N(c2ccccc2)c2ccc(-c3ccc(N(c4ccc(-c5ccc6oc7ccccc7c6c5)cc4)c4ccc5c6ccccc6c6ccccc6c5c4)cc3)cc2)cc1. The molecule has 1 heterocycles. The highest BCUT2D eigenvalue weighted by atomic mass is 16.3. The van der Waals surface area contributed by atoms with Gasteiger partial charge in [0.25, 0.3) is 0 Å². The molecule has 12 rings (SSSR count). The van der Waals surface area contributed by atoms with Gasteiger partial charge in [-0.25, -0.2) is 0 Å². The quantitative estimate of drug-likeness (QED) is 0.143. The average molecular weight is 805 g/mol. The molecule has 11 aromatic carbocycles. The van der Waals surface area contributed by atoms with Gasteiger partial charge < -0.3 is 14.2 Å². The summed E-state index contributed by atoms with van der Waals surface area (Å²) in [5, 5.41) is 9.81. The molecule has 0 amide bonds. The fourth-order valence-electron chi connectivity index (χ4n) is 9.40. The number of benzene rings is 11. The molecule has 63 heavy (non-hydrogen) atoms. The Morgan fingerprint density at radius 1 is 0.206 bits per heavy atom. The number of furan rings is 1. The van der Waals surface area contributed by atoms with Gasteiger partial charge >= 0.3 is 0 Å². The molecule has 0 aliphatic rings. The van der Waals surface area contributed by atoms with Gasteiger partial charge in [-0.2, -0.15) is 0 Å². The van der Waals surface area contributed by atoms with E-state index in [1.807, 2.05) is 12.1 Å². The normalized spacial score (nSPS) is 11.5. The van der Waals surface area contributed by atoms with Crippen LogP contribution in [-0.2, 0) is 0 Å². The Bertz CT molecular complexity index is 3520. The van der Waals surface area contributed by atoms with Gasteiger partial charge in [-0.3, -0.25) is 0 Å². The van der Waals surface area contributed by atoms with Crippen LogP contribution in [0.2, 0.25) is 0 Å². The molecule has 0 spiro atoms. The van der Waals surface area contributed by atoms with Crippen LogP contribution >= 0.6 is 0 Å². The van der Waals surface area contributed by atoms with Crippen molar-refractivity contribution in [1.29, 1.82) is 0 Å². The van der Waals surface area contributed by atoms with Gasteiger partial charge in [0.2, 0.25) is 0 Å². The van der Waals surface area contributed by atoms with Gasteiger partial charge in [0.1, 0.15) is 11.2 Å². The lowest BCUT2D eigenvalue weighted by Crippen LogP contribution is -2.10. The van der Waals surface area contributed by atoms with E-state index in [1.165, 1.54) is 32.3 Å². The molecular weight excluding hydrogens is 765 g/mol. The summed E-state index contributed by atoms with van der Waals surface area (Å²) < 4.78 is 6.15. The van der Waals surface area contributed by atoms with Gasteiger partial charge in [-0.1, -0.05) is 152 Å². The molecule has 1 aromatic heterocycles. The molecular formula is C60H40N2O. The minimum Gasteiger partial charge on any atom is -0.456 e. The maximum Gasteiger partial charge on any atom is 0.135 e. The van der Waals surface area contributed by atoms with Crippen molar-refractivity contribution in [3.05, 3.63) is 243 Å². The van der Waals surface area contributed by atoms with Crippen LogP contribution < -0.4 is 9.80 Å². The molecule has 0 unspecified atom stereocenters. The fraction of sp³-hybridized carbons (Fsp3) is 0. The first-order chi connectivity index (χ1) is 31.2. The summed E-state index contributed by atoms with van der Waals surface area (Å²) in [5.74, 6) is 0. The Morgan fingerprint density at radius 2 is 0.556 bits per heavy atom. The third-order valence-corrected chi connectivity index (χ3v) is 12.4. The summed E-state index contributed by atoms with van der Waals surface area (Å²) in [5.41, 5.74) is 13.0. The first-order valence-corrected chi connectivity index (χ1v) is 21.5. The third-order valence-electron chi connectivity index (χ3n) is 12.4. The number of anilines is 6. The zero-order valence-electron chi connectivity index (χ0n) is 34.4. The van der Waals surface area contributed by atoms with Crippen LogP contribution in [-0.4, -0.2) is 0 Å². The van der Waals surface area contributed by atoms with Crippen molar-refractivity contribution >= 4 is 88.4 Å². The number of hydrogen-bond acceptors (Lipinski definition) is 3. The van der Waals surface area contributed by atoms with E-state index >= 15 is 0 Å². The zero-order valence-corrected chi connectivity index (χ0v) is 34.4. The third kappa shape index (κ3) is 6.46. The second kappa shape index (κ2) is 15.3. The van der Waals surface area contributed by atoms with Gasteiger partial charge in [0.05, 0.1) is 0 Å². The van der Waals surface area contributed by atoms with Crippen molar-refractivity contribution in [1.82, 2.24) is 0 Å². The lowest BCUT2D eigenvalue weighted by molar-refractivity contribution is 0.669. The van der Waals surface area contributed by atoms with E-state index in [-0.39, 0.29) is 0 Å². The highest BCUT2D eigenvalue weighted by molar-refractivity contribution is 6.25. The van der Waals surface area contributed by atoms with E-state index < -0.39 is 0 Å². The first kappa shape index (κ1) is 36.5. The monoisotopic (exact) mass is 804 g/mol. The van der Waals surface area contributed by atoms with Crippen LogP contribution in [0.5, 0.6) is 0 Å². The number of para-hydroxylation sites is 3. The second-order valence-corrected chi connectivity index (χ2v) is 16.1. The van der Waals surface area contributed by atoms with E-state index in [4.69, 9.17) is 4.42 Å². The molecule has 0 saturated heterocycles. The van der Waals surface area contributed by atoms with E-state index in [1.54, 1.807) is 0 Å². The summed E-state index contributed by atoms with van der Waals surface area (Å²) in [6.07, 6.45) is 0. The van der Waals surface area contributed by atoms with Crippen LogP contribution in [0.3, 0.4) is 0 Å². The summed E-state index contributed by atoms with van der Waals surface area (Å²) >= 11 is 0. The Hall–Kier alpha value is -8.40. The molecule has 0 N–H and O–H groups in total. The van der Waals surface area contributed by atoms with Gasteiger partial charge in [0.15, 0.2) is 0 Å². The van der Waals surface area contributed by atoms with Crippen molar-refractivity contribution in [2.24, 2.45) is 0 Å². The molecule has 12 aromatic rings. The highest BCUT2D eigenvalue weighted by Gasteiger charge is 2.18. The minimum atomic E-state index is 0.903. The van der Waals surface area contributed by atoms with Crippen LogP contribution in [0.1, 0.15) is 0 Å². The summed E-state index contributed by atoms with van der Waals surface area (Å²) in [7, 11) is 0. The Balaban J connectivity index is 0.942. The zero-order chi connectivity index (χ0) is 41.7. The van der Waals surface area contributed by atoms with Crippen LogP contribution in [0.4, 0.5) is 34.1 Å². The maximum absolute atomic E-state index is 6.15. The predicted molar refractivity (Wildman–Crippen MR) is 266 cm³/mol. The Kier molecular flexibility index (Phi) is 8.83. The van der Waals surface area contributed by atoms with Crippen molar-refractivity contribution in [2.75, 3.05) is 9.80 Å². The van der Waals surface area contributed by atoms with Crippen LogP contribution in [0, 0.1) is 0 Å². The minimum absolute atomic E-state index is 0.903. The molecule has 296 valence electrons. The molecule has 0 saturated carbocycles. The van der Waals surface area contributed by atoms with E-state index in [9.17, 15) is 0 Å². The molecule has 0 fully saturated rings. The van der Waals surface area contributed by atoms with E-state index in [0.717, 1.165) is 78.3 Å². The summed E-state index contributed by atoms with van der Waals surface area (Å²) in [6, 6.07) is 87.1. The van der Waals surface area contributed by atoms with Gasteiger partial charge in [-0.05, 0) is 146 Å². The number of fused-ring (bicyclic) bond motifs is 9. The van der Waals surface area contributed by atoms with Crippen molar-refractivity contribution in [2.45, 2.75) is 0 Å². The molecule has 0 radical (unpaired) electrons.